The molecule has 0 saturated carbocycles. The Kier molecular flexibility index (Phi) is 6.50. The largest absolute Gasteiger partial charge is 0.465 e. The zero-order valence-electron chi connectivity index (χ0n) is 17.4. The van der Waals surface area contributed by atoms with E-state index < -0.39 is 27.4 Å². The van der Waals surface area contributed by atoms with Crippen molar-refractivity contribution in [2.75, 3.05) is 12.4 Å². The van der Waals surface area contributed by atoms with Crippen molar-refractivity contribution in [3.8, 4) is 0 Å². The molecular formula is C21H26N2O5S. The van der Waals surface area contributed by atoms with E-state index in [0.717, 1.165) is 11.1 Å². The smallest absolute Gasteiger partial charge is 0.338 e. The summed E-state index contributed by atoms with van der Waals surface area (Å²) in [6.07, 6.45) is 0. The van der Waals surface area contributed by atoms with Crippen molar-refractivity contribution in [1.29, 1.82) is 0 Å². The van der Waals surface area contributed by atoms with Crippen LogP contribution in [-0.4, -0.2) is 32.9 Å². The number of nitrogens with one attached hydrogen (secondary N) is 2. The highest BCUT2D eigenvalue weighted by atomic mass is 32.2. The first-order valence-corrected chi connectivity index (χ1v) is 10.5. The van der Waals surface area contributed by atoms with E-state index in [1.54, 1.807) is 39.8 Å². The number of esters is 1. The molecular weight excluding hydrogens is 392 g/mol. The maximum Gasteiger partial charge on any atom is 0.338 e. The molecule has 0 aromatic heterocycles. The predicted molar refractivity (Wildman–Crippen MR) is 112 cm³/mol. The molecule has 2 aromatic rings. The number of methoxy groups -OCH3 is 1. The van der Waals surface area contributed by atoms with Crippen LogP contribution in [0.25, 0.3) is 0 Å². The monoisotopic (exact) mass is 418 g/mol. The molecule has 2 rings (SSSR count). The van der Waals surface area contributed by atoms with Crippen LogP contribution in [-0.2, 0) is 14.8 Å². The predicted octanol–water partition coefficient (Wildman–Crippen LogP) is 3.42. The van der Waals surface area contributed by atoms with E-state index in [4.69, 9.17) is 4.74 Å². The Bertz CT molecular complexity index is 1040. The molecule has 0 unspecified atom stereocenters. The minimum absolute atomic E-state index is 0.0723. The highest BCUT2D eigenvalue weighted by Gasteiger charge is 2.22. The van der Waals surface area contributed by atoms with Crippen LogP contribution in [0.1, 0.15) is 52.6 Å². The molecule has 7 nitrogen and oxygen atoms in total. The molecule has 8 heteroatoms. The zero-order chi connectivity index (χ0) is 22.0. The number of rotatable bonds is 5. The van der Waals surface area contributed by atoms with Crippen LogP contribution < -0.4 is 10.0 Å². The quantitative estimate of drug-likeness (QED) is 0.725. The fourth-order valence-corrected chi connectivity index (χ4v) is 4.12. The Morgan fingerprint density at radius 1 is 1.00 bits per heavy atom. The summed E-state index contributed by atoms with van der Waals surface area (Å²) in [4.78, 5) is 24.6. The summed E-state index contributed by atoms with van der Waals surface area (Å²) < 4.78 is 32.1. The van der Waals surface area contributed by atoms with Crippen molar-refractivity contribution in [3.63, 3.8) is 0 Å². The summed E-state index contributed by atoms with van der Waals surface area (Å²) in [5.74, 6) is -0.903. The molecule has 0 bridgehead atoms. The molecule has 2 N–H and O–H groups in total. The first-order chi connectivity index (χ1) is 13.3. The molecule has 0 aliphatic rings. The van der Waals surface area contributed by atoms with E-state index in [-0.39, 0.29) is 10.5 Å². The number of benzene rings is 2. The average molecular weight is 419 g/mol. The number of ether oxygens (including phenoxy) is 1. The van der Waals surface area contributed by atoms with Gasteiger partial charge in [-0.25, -0.2) is 17.9 Å². The molecule has 0 aliphatic carbocycles. The molecule has 0 saturated heterocycles. The van der Waals surface area contributed by atoms with Crippen LogP contribution in [0, 0.1) is 13.8 Å². The molecule has 0 heterocycles. The van der Waals surface area contributed by atoms with Crippen LogP contribution in [0.5, 0.6) is 0 Å². The van der Waals surface area contributed by atoms with Gasteiger partial charge in [0, 0.05) is 16.8 Å². The number of aryl methyl sites for hydroxylation is 1. The summed E-state index contributed by atoms with van der Waals surface area (Å²) in [5, 5.41) is 2.73. The summed E-state index contributed by atoms with van der Waals surface area (Å²) in [7, 11) is -2.38. The molecule has 29 heavy (non-hydrogen) atoms. The first kappa shape index (κ1) is 22.6. The lowest BCUT2D eigenvalue weighted by molar-refractivity contribution is 0.0599. The van der Waals surface area contributed by atoms with Crippen LogP contribution in [0.2, 0.25) is 0 Å². The lowest BCUT2D eigenvalue weighted by atomic mass is 10.0. The maximum atomic E-state index is 12.6. The third-order valence-electron chi connectivity index (χ3n) is 4.20. The van der Waals surface area contributed by atoms with Gasteiger partial charge in [0.15, 0.2) is 0 Å². The van der Waals surface area contributed by atoms with Crippen molar-refractivity contribution < 1.29 is 22.7 Å². The van der Waals surface area contributed by atoms with Crippen LogP contribution in [0.3, 0.4) is 0 Å². The lowest BCUT2D eigenvalue weighted by Crippen LogP contribution is -2.40. The minimum Gasteiger partial charge on any atom is -0.465 e. The zero-order valence-corrected chi connectivity index (χ0v) is 18.2. The first-order valence-electron chi connectivity index (χ1n) is 8.99. The fraction of sp³-hybridized carbons (Fsp3) is 0.333. The van der Waals surface area contributed by atoms with Crippen molar-refractivity contribution in [3.05, 3.63) is 58.7 Å². The number of carbonyl (C=O) groups is 2. The SMILES string of the molecule is COC(=O)c1cc(NC(=O)c2ccc(S(=O)(=O)NC(C)(C)C)cc2)cc(C)c1C. The summed E-state index contributed by atoms with van der Waals surface area (Å²) in [6.45, 7) is 8.88. The normalized spacial score (nSPS) is 11.8. The number of amides is 1. The Labute approximate surface area is 171 Å². The van der Waals surface area contributed by atoms with Gasteiger partial charge in [0.25, 0.3) is 5.91 Å². The van der Waals surface area contributed by atoms with Gasteiger partial charge >= 0.3 is 5.97 Å². The number of sulfonamides is 1. The standard InChI is InChI=1S/C21H26N2O5S/c1-13-11-16(12-18(14(13)2)20(25)28-6)22-19(24)15-7-9-17(10-8-15)29(26,27)23-21(3,4)5/h7-12,23H,1-6H3,(H,22,24). The van der Waals surface area contributed by atoms with Gasteiger partial charge in [-0.05, 0) is 82.1 Å². The van der Waals surface area contributed by atoms with Gasteiger partial charge in [0.1, 0.15) is 0 Å². The second-order valence-corrected chi connectivity index (χ2v) is 9.47. The van der Waals surface area contributed by atoms with Gasteiger partial charge in [-0.2, -0.15) is 0 Å². The van der Waals surface area contributed by atoms with Crippen molar-refractivity contribution in [1.82, 2.24) is 4.72 Å². The van der Waals surface area contributed by atoms with Gasteiger partial charge in [-0.1, -0.05) is 0 Å². The van der Waals surface area contributed by atoms with E-state index in [9.17, 15) is 18.0 Å². The number of hydrogen-bond donors (Lipinski definition) is 2. The average Bonchev–Trinajstić information content (AvgIpc) is 2.62. The second-order valence-electron chi connectivity index (χ2n) is 7.79. The molecule has 2 aromatic carbocycles. The Morgan fingerprint density at radius 2 is 1.59 bits per heavy atom. The molecule has 0 atom stereocenters. The van der Waals surface area contributed by atoms with E-state index in [0.29, 0.717) is 11.3 Å². The minimum atomic E-state index is -3.68. The van der Waals surface area contributed by atoms with Crippen LogP contribution in [0.4, 0.5) is 5.69 Å². The number of hydrogen-bond acceptors (Lipinski definition) is 5. The third kappa shape index (κ3) is 5.65. The second kappa shape index (κ2) is 8.34. The summed E-state index contributed by atoms with van der Waals surface area (Å²) in [6, 6.07) is 8.94. The highest BCUT2D eigenvalue weighted by molar-refractivity contribution is 7.89. The van der Waals surface area contributed by atoms with Gasteiger partial charge in [0.05, 0.1) is 17.6 Å². The fourth-order valence-electron chi connectivity index (χ4n) is 2.70. The summed E-state index contributed by atoms with van der Waals surface area (Å²) in [5.41, 5.74) is 2.10. The topological polar surface area (TPSA) is 102 Å². The number of anilines is 1. The number of carbonyl (C=O) groups excluding carboxylic acids is 2. The molecule has 1 amide bonds. The van der Waals surface area contributed by atoms with Gasteiger partial charge in [0.2, 0.25) is 10.0 Å². The van der Waals surface area contributed by atoms with Crippen LogP contribution >= 0.6 is 0 Å². The maximum absolute atomic E-state index is 12.6. The molecule has 0 fully saturated rings. The van der Waals surface area contributed by atoms with Crippen molar-refractivity contribution >= 4 is 27.6 Å². The Morgan fingerprint density at radius 3 is 2.10 bits per heavy atom. The van der Waals surface area contributed by atoms with Crippen LogP contribution in [0.15, 0.2) is 41.3 Å². The third-order valence-corrected chi connectivity index (χ3v) is 5.97. The van der Waals surface area contributed by atoms with Crippen molar-refractivity contribution in [2.45, 2.75) is 45.1 Å². The van der Waals surface area contributed by atoms with Gasteiger partial charge < -0.3 is 10.1 Å². The van der Waals surface area contributed by atoms with Gasteiger partial charge in [-0.15, -0.1) is 0 Å². The highest BCUT2D eigenvalue weighted by Crippen LogP contribution is 2.22. The van der Waals surface area contributed by atoms with Crippen molar-refractivity contribution in [2.24, 2.45) is 0 Å². The van der Waals surface area contributed by atoms with E-state index in [1.165, 1.54) is 31.4 Å². The van der Waals surface area contributed by atoms with E-state index >= 15 is 0 Å². The molecule has 0 aliphatic heterocycles. The Hall–Kier alpha value is -2.71. The molecule has 0 radical (unpaired) electrons. The van der Waals surface area contributed by atoms with E-state index in [2.05, 4.69) is 10.0 Å². The summed E-state index contributed by atoms with van der Waals surface area (Å²) >= 11 is 0. The van der Waals surface area contributed by atoms with Gasteiger partial charge in [-0.3, -0.25) is 4.79 Å². The Balaban J connectivity index is 2.24. The lowest BCUT2D eigenvalue weighted by Gasteiger charge is -2.20. The molecule has 156 valence electrons. The molecule has 0 spiro atoms. The van der Waals surface area contributed by atoms with E-state index in [1.807, 2.05) is 6.92 Å².